The van der Waals surface area contributed by atoms with Crippen LogP contribution in [0.1, 0.15) is 0 Å². The lowest BCUT2D eigenvalue weighted by atomic mass is 9.94. The molecule has 0 radical (unpaired) electrons. The van der Waals surface area contributed by atoms with Crippen LogP contribution in [0.2, 0.25) is 0 Å². The zero-order chi connectivity index (χ0) is 29.0. The molecule has 0 aliphatic rings. The van der Waals surface area contributed by atoms with E-state index in [1.54, 1.807) is 0 Å². The molecule has 7 aromatic carbocycles. The van der Waals surface area contributed by atoms with Crippen LogP contribution in [0, 0.1) is 0 Å². The molecule has 0 aliphatic carbocycles. The summed E-state index contributed by atoms with van der Waals surface area (Å²) >= 11 is 1.82. The van der Waals surface area contributed by atoms with Crippen molar-refractivity contribution >= 4 is 80.9 Å². The predicted molar refractivity (Wildman–Crippen MR) is 190 cm³/mol. The zero-order valence-corrected chi connectivity index (χ0v) is 24.6. The van der Waals surface area contributed by atoms with Crippen LogP contribution < -0.4 is 4.90 Å². The smallest absolute Gasteiger partial charge is 0.0546 e. The van der Waals surface area contributed by atoms with Crippen molar-refractivity contribution in [2.45, 2.75) is 0 Å². The third-order valence-corrected chi connectivity index (χ3v) is 9.87. The van der Waals surface area contributed by atoms with Crippen molar-refractivity contribution in [3.05, 3.63) is 158 Å². The Bertz CT molecular complexity index is 2480. The number of hydrogen-bond acceptors (Lipinski definition) is 3. The number of hydrogen-bond donors (Lipinski definition) is 0. The molecule has 2 nitrogen and oxygen atoms in total. The van der Waals surface area contributed by atoms with Crippen molar-refractivity contribution in [3.8, 4) is 11.1 Å². The van der Waals surface area contributed by atoms with Crippen molar-refractivity contribution in [2.24, 2.45) is 0 Å². The fourth-order valence-electron chi connectivity index (χ4n) is 6.64. The van der Waals surface area contributed by atoms with Gasteiger partial charge < -0.3 is 4.90 Å². The quantitative estimate of drug-likeness (QED) is 0.193. The molecule has 0 bridgehead atoms. The molecule has 0 spiro atoms. The number of anilines is 3. The van der Waals surface area contributed by atoms with E-state index in [0.717, 1.165) is 17.1 Å². The standard InChI is InChI=1S/C41H26N2S/c1-2-8-27(9-3-1)28-14-17-31(18-15-28)43(32-19-21-39-36(25-32)37-26-42-23-22-40(37)44-39)38-24-30-11-5-7-13-34(30)41-33-12-6-4-10-29(33)16-20-35(38)41/h1-26H. The molecule has 0 saturated carbocycles. The van der Waals surface area contributed by atoms with Crippen LogP contribution in [0.5, 0.6) is 0 Å². The topological polar surface area (TPSA) is 16.1 Å². The molecule has 0 N–H and O–H groups in total. The van der Waals surface area contributed by atoms with Gasteiger partial charge in [0.05, 0.1) is 5.69 Å². The fourth-order valence-corrected chi connectivity index (χ4v) is 7.70. The number of thiophene rings is 1. The van der Waals surface area contributed by atoms with Crippen molar-refractivity contribution in [2.75, 3.05) is 4.90 Å². The molecule has 9 rings (SSSR count). The molecular formula is C41H26N2S. The van der Waals surface area contributed by atoms with E-state index in [2.05, 4.69) is 155 Å². The normalized spacial score (nSPS) is 11.6. The van der Waals surface area contributed by atoms with Crippen LogP contribution in [0.4, 0.5) is 17.1 Å². The summed E-state index contributed by atoms with van der Waals surface area (Å²) in [5.41, 5.74) is 5.82. The first-order valence-corrected chi connectivity index (χ1v) is 15.7. The van der Waals surface area contributed by atoms with Crippen molar-refractivity contribution in [1.82, 2.24) is 4.98 Å². The fraction of sp³-hybridized carbons (Fsp3) is 0. The number of pyridine rings is 1. The van der Waals surface area contributed by atoms with E-state index in [4.69, 9.17) is 0 Å². The molecule has 9 aromatic rings. The van der Waals surface area contributed by atoms with E-state index in [1.807, 2.05) is 23.7 Å². The van der Waals surface area contributed by atoms with Crippen LogP contribution in [0.3, 0.4) is 0 Å². The maximum atomic E-state index is 4.46. The van der Waals surface area contributed by atoms with Gasteiger partial charge in [-0.15, -0.1) is 11.3 Å². The predicted octanol–water partition coefficient (Wildman–Crippen LogP) is 12.0. The third-order valence-electron chi connectivity index (χ3n) is 8.71. The van der Waals surface area contributed by atoms with Gasteiger partial charge in [0.25, 0.3) is 0 Å². The Balaban J connectivity index is 1.35. The first-order chi connectivity index (χ1) is 21.8. The van der Waals surface area contributed by atoms with Gasteiger partial charge in [0.2, 0.25) is 0 Å². The van der Waals surface area contributed by atoms with E-state index in [-0.39, 0.29) is 0 Å². The second-order valence-corrected chi connectivity index (χ2v) is 12.3. The van der Waals surface area contributed by atoms with Crippen molar-refractivity contribution in [3.63, 3.8) is 0 Å². The van der Waals surface area contributed by atoms with Gasteiger partial charge in [-0.3, -0.25) is 4.98 Å². The van der Waals surface area contributed by atoms with Crippen LogP contribution in [0.15, 0.2) is 158 Å². The Morgan fingerprint density at radius 1 is 0.455 bits per heavy atom. The van der Waals surface area contributed by atoms with E-state index in [1.165, 1.54) is 63.6 Å². The van der Waals surface area contributed by atoms with Gasteiger partial charge in [0, 0.05) is 49.3 Å². The average molecular weight is 579 g/mol. The summed E-state index contributed by atoms with van der Waals surface area (Å²) in [6.45, 7) is 0. The van der Waals surface area contributed by atoms with E-state index in [9.17, 15) is 0 Å². The van der Waals surface area contributed by atoms with Crippen LogP contribution in [-0.4, -0.2) is 4.98 Å². The molecule has 44 heavy (non-hydrogen) atoms. The minimum Gasteiger partial charge on any atom is -0.310 e. The molecule has 206 valence electrons. The first-order valence-electron chi connectivity index (χ1n) is 14.9. The molecule has 3 heteroatoms. The summed E-state index contributed by atoms with van der Waals surface area (Å²) < 4.78 is 2.53. The molecule has 2 heterocycles. The Hall–Kier alpha value is -5.51. The van der Waals surface area contributed by atoms with Crippen LogP contribution in [-0.2, 0) is 0 Å². The molecule has 0 amide bonds. The highest BCUT2D eigenvalue weighted by Gasteiger charge is 2.20. The monoisotopic (exact) mass is 578 g/mol. The highest BCUT2D eigenvalue weighted by Crippen LogP contribution is 2.46. The summed E-state index contributed by atoms with van der Waals surface area (Å²) in [5, 5.41) is 9.96. The van der Waals surface area contributed by atoms with Crippen LogP contribution >= 0.6 is 11.3 Å². The van der Waals surface area contributed by atoms with Gasteiger partial charge in [0.1, 0.15) is 0 Å². The number of benzene rings is 7. The second-order valence-electron chi connectivity index (χ2n) is 11.2. The lowest BCUT2D eigenvalue weighted by molar-refractivity contribution is 1.31. The highest BCUT2D eigenvalue weighted by molar-refractivity contribution is 7.25. The van der Waals surface area contributed by atoms with Gasteiger partial charge in [-0.1, -0.05) is 103 Å². The first kappa shape index (κ1) is 25.0. The summed E-state index contributed by atoms with van der Waals surface area (Å²) in [5.74, 6) is 0. The SMILES string of the molecule is c1ccc(-c2ccc(N(c3ccc4sc5ccncc5c4c3)c3cc4ccccc4c4c3ccc3ccccc34)cc2)cc1. The van der Waals surface area contributed by atoms with Crippen LogP contribution in [0.25, 0.3) is 63.6 Å². The summed E-state index contributed by atoms with van der Waals surface area (Å²) in [6, 6.07) is 52.9. The highest BCUT2D eigenvalue weighted by atomic mass is 32.1. The van der Waals surface area contributed by atoms with Gasteiger partial charge in [-0.25, -0.2) is 0 Å². The summed E-state index contributed by atoms with van der Waals surface area (Å²) in [6.07, 6.45) is 3.87. The lowest BCUT2D eigenvalue weighted by Gasteiger charge is -2.28. The maximum Gasteiger partial charge on any atom is 0.0546 e. The lowest BCUT2D eigenvalue weighted by Crippen LogP contribution is -2.10. The molecule has 0 saturated heterocycles. The molecule has 0 fully saturated rings. The summed E-state index contributed by atoms with van der Waals surface area (Å²) in [7, 11) is 0. The molecule has 0 aliphatic heterocycles. The zero-order valence-electron chi connectivity index (χ0n) is 23.8. The Labute approximate surface area is 259 Å². The number of fused-ring (bicyclic) bond motifs is 8. The molecule has 0 unspecified atom stereocenters. The van der Waals surface area contributed by atoms with Gasteiger partial charge >= 0.3 is 0 Å². The number of aromatic nitrogens is 1. The second kappa shape index (κ2) is 10.0. The van der Waals surface area contributed by atoms with Crippen molar-refractivity contribution < 1.29 is 0 Å². The van der Waals surface area contributed by atoms with E-state index < -0.39 is 0 Å². The minimum absolute atomic E-state index is 1.12. The molecule has 2 aromatic heterocycles. The van der Waals surface area contributed by atoms with Gasteiger partial charge in [-0.05, 0) is 80.5 Å². The largest absolute Gasteiger partial charge is 0.310 e. The Morgan fingerprint density at radius 3 is 1.98 bits per heavy atom. The van der Waals surface area contributed by atoms with Crippen molar-refractivity contribution in [1.29, 1.82) is 0 Å². The van der Waals surface area contributed by atoms with E-state index in [0.29, 0.717) is 0 Å². The average Bonchev–Trinajstić information content (AvgIpc) is 3.47. The van der Waals surface area contributed by atoms with Gasteiger partial charge in [-0.2, -0.15) is 0 Å². The Morgan fingerprint density at radius 2 is 1.14 bits per heavy atom. The maximum absolute atomic E-state index is 4.46. The Kier molecular flexibility index (Phi) is 5.71. The third kappa shape index (κ3) is 3.98. The number of rotatable bonds is 4. The summed E-state index contributed by atoms with van der Waals surface area (Å²) in [4.78, 5) is 6.89. The van der Waals surface area contributed by atoms with E-state index >= 15 is 0 Å². The minimum atomic E-state index is 1.12. The molecule has 0 atom stereocenters. The number of nitrogens with zero attached hydrogens (tertiary/aromatic N) is 2. The van der Waals surface area contributed by atoms with Gasteiger partial charge in [0.15, 0.2) is 0 Å². The molecular weight excluding hydrogens is 553 g/mol.